The molecule has 0 bridgehead atoms. The number of likely N-dealkylation sites (tertiary alicyclic amines) is 1. The van der Waals surface area contributed by atoms with Crippen LogP contribution >= 0.6 is 11.8 Å². The van der Waals surface area contributed by atoms with Crippen molar-refractivity contribution in [1.82, 2.24) is 4.90 Å². The smallest absolute Gasteiger partial charge is 0.136 e. The van der Waals surface area contributed by atoms with Crippen molar-refractivity contribution in [3.63, 3.8) is 0 Å². The number of piperidine rings is 1. The van der Waals surface area contributed by atoms with Crippen LogP contribution in [0.4, 0.5) is 4.39 Å². The normalized spacial score (nSPS) is 17.2. The molecule has 0 amide bonds. The minimum atomic E-state index is -0.116. The predicted octanol–water partition coefficient (Wildman–Crippen LogP) is 2.75. The van der Waals surface area contributed by atoms with Gasteiger partial charge in [0.15, 0.2) is 0 Å². The summed E-state index contributed by atoms with van der Waals surface area (Å²) in [4.78, 5) is 3.19. The molecular weight excluding hydrogens is 287 g/mol. The molecule has 1 aliphatic heterocycles. The fourth-order valence-corrected chi connectivity index (χ4v) is 3.43. The van der Waals surface area contributed by atoms with Crippen molar-refractivity contribution >= 4 is 11.8 Å². The van der Waals surface area contributed by atoms with E-state index < -0.39 is 0 Å². The first-order valence-corrected chi connectivity index (χ1v) is 8.69. The molecule has 0 aromatic heterocycles. The van der Waals surface area contributed by atoms with Crippen molar-refractivity contribution in [2.75, 3.05) is 38.5 Å². The average molecular weight is 312 g/mol. The monoisotopic (exact) mass is 312 g/mol. The summed E-state index contributed by atoms with van der Waals surface area (Å²) in [7, 11) is 0. The maximum absolute atomic E-state index is 13.5. The lowest BCUT2D eigenvalue weighted by molar-refractivity contribution is 0.00855. The molecule has 1 aliphatic rings. The van der Waals surface area contributed by atoms with Crippen LogP contribution in [0.25, 0.3) is 0 Å². The third-order valence-corrected chi connectivity index (χ3v) is 4.77. The number of halogens is 1. The summed E-state index contributed by atoms with van der Waals surface area (Å²) in [5, 5.41) is 0. The SMILES string of the molecule is NCCCOC1CCN(CCSc2ccccc2F)CC1. The summed E-state index contributed by atoms with van der Waals surface area (Å²) in [5.74, 6) is 0.814. The number of thioether (sulfide) groups is 1. The summed E-state index contributed by atoms with van der Waals surface area (Å²) in [6, 6.07) is 6.98. The Hall–Kier alpha value is -0.620. The van der Waals surface area contributed by atoms with Gasteiger partial charge in [0.1, 0.15) is 5.82 Å². The van der Waals surface area contributed by atoms with Gasteiger partial charge >= 0.3 is 0 Å². The Bertz CT molecular complexity index is 411. The summed E-state index contributed by atoms with van der Waals surface area (Å²) in [6.07, 6.45) is 3.52. The van der Waals surface area contributed by atoms with Crippen LogP contribution < -0.4 is 5.73 Å². The van der Waals surface area contributed by atoms with Crippen LogP contribution in [0, 0.1) is 5.82 Å². The summed E-state index contributed by atoms with van der Waals surface area (Å²) >= 11 is 1.60. The summed E-state index contributed by atoms with van der Waals surface area (Å²) in [5.41, 5.74) is 5.46. The zero-order chi connectivity index (χ0) is 14.9. The number of benzene rings is 1. The maximum atomic E-state index is 13.5. The topological polar surface area (TPSA) is 38.5 Å². The third kappa shape index (κ3) is 5.94. The molecule has 1 saturated heterocycles. The van der Waals surface area contributed by atoms with Gasteiger partial charge in [-0.05, 0) is 37.9 Å². The van der Waals surface area contributed by atoms with E-state index >= 15 is 0 Å². The zero-order valence-electron chi connectivity index (χ0n) is 12.5. The van der Waals surface area contributed by atoms with Crippen LogP contribution in [0.15, 0.2) is 29.2 Å². The average Bonchev–Trinajstić information content (AvgIpc) is 2.51. The zero-order valence-corrected chi connectivity index (χ0v) is 13.3. The molecule has 5 heteroatoms. The third-order valence-electron chi connectivity index (χ3n) is 3.74. The van der Waals surface area contributed by atoms with E-state index in [0.717, 1.165) is 56.2 Å². The molecule has 0 spiro atoms. The summed E-state index contributed by atoms with van der Waals surface area (Å²) < 4.78 is 19.3. The van der Waals surface area contributed by atoms with Gasteiger partial charge in [0.05, 0.1) is 6.10 Å². The molecule has 1 aromatic rings. The Morgan fingerprint density at radius 1 is 1.29 bits per heavy atom. The van der Waals surface area contributed by atoms with Gasteiger partial charge in [-0.15, -0.1) is 11.8 Å². The van der Waals surface area contributed by atoms with Crippen LogP contribution in [0.5, 0.6) is 0 Å². The van der Waals surface area contributed by atoms with E-state index in [1.807, 2.05) is 12.1 Å². The van der Waals surface area contributed by atoms with Crippen molar-refractivity contribution in [1.29, 1.82) is 0 Å². The second-order valence-electron chi connectivity index (χ2n) is 5.33. The minimum absolute atomic E-state index is 0.116. The molecule has 0 saturated carbocycles. The van der Waals surface area contributed by atoms with Gasteiger partial charge in [-0.3, -0.25) is 0 Å². The molecule has 21 heavy (non-hydrogen) atoms. The molecule has 2 rings (SSSR count). The van der Waals surface area contributed by atoms with Crippen molar-refractivity contribution in [3.05, 3.63) is 30.1 Å². The molecule has 0 aliphatic carbocycles. The first-order chi connectivity index (χ1) is 10.3. The van der Waals surface area contributed by atoms with Gasteiger partial charge < -0.3 is 15.4 Å². The van der Waals surface area contributed by atoms with E-state index in [1.165, 1.54) is 6.07 Å². The fourth-order valence-electron chi connectivity index (χ4n) is 2.48. The molecule has 3 nitrogen and oxygen atoms in total. The lowest BCUT2D eigenvalue weighted by Crippen LogP contribution is -2.38. The van der Waals surface area contributed by atoms with Crippen molar-refractivity contribution in [3.8, 4) is 0 Å². The number of hydrogen-bond donors (Lipinski definition) is 1. The molecule has 1 fully saturated rings. The highest BCUT2D eigenvalue weighted by Crippen LogP contribution is 2.22. The van der Waals surface area contributed by atoms with E-state index in [9.17, 15) is 4.39 Å². The van der Waals surface area contributed by atoms with Gasteiger partial charge in [0.25, 0.3) is 0 Å². The van der Waals surface area contributed by atoms with Gasteiger partial charge in [0.2, 0.25) is 0 Å². The lowest BCUT2D eigenvalue weighted by atomic mass is 10.1. The van der Waals surface area contributed by atoms with Crippen LogP contribution in [-0.2, 0) is 4.74 Å². The van der Waals surface area contributed by atoms with Gasteiger partial charge in [0, 0.05) is 36.9 Å². The second kappa shape index (κ2) is 9.41. The van der Waals surface area contributed by atoms with Gasteiger partial charge in [-0.1, -0.05) is 12.1 Å². The molecule has 0 atom stereocenters. The Balaban J connectivity index is 1.60. The van der Waals surface area contributed by atoms with E-state index in [1.54, 1.807) is 17.8 Å². The molecule has 118 valence electrons. The number of nitrogens with zero attached hydrogens (tertiary/aromatic N) is 1. The van der Waals surface area contributed by atoms with Crippen LogP contribution in [0.2, 0.25) is 0 Å². The second-order valence-corrected chi connectivity index (χ2v) is 6.47. The van der Waals surface area contributed by atoms with E-state index in [4.69, 9.17) is 10.5 Å². The minimum Gasteiger partial charge on any atom is -0.378 e. The molecule has 1 heterocycles. The number of ether oxygens (including phenoxy) is 1. The molecule has 2 N–H and O–H groups in total. The molecule has 1 aromatic carbocycles. The van der Waals surface area contributed by atoms with Crippen LogP contribution in [0.1, 0.15) is 19.3 Å². The summed E-state index contributed by atoms with van der Waals surface area (Å²) in [6.45, 7) is 4.64. The number of hydrogen-bond acceptors (Lipinski definition) is 4. The highest BCUT2D eigenvalue weighted by molar-refractivity contribution is 7.99. The molecule has 0 unspecified atom stereocenters. The highest BCUT2D eigenvalue weighted by Gasteiger charge is 2.19. The predicted molar refractivity (Wildman–Crippen MR) is 86.2 cm³/mol. The Morgan fingerprint density at radius 3 is 2.76 bits per heavy atom. The highest BCUT2D eigenvalue weighted by atomic mass is 32.2. The van der Waals surface area contributed by atoms with Crippen LogP contribution in [-0.4, -0.2) is 49.5 Å². The van der Waals surface area contributed by atoms with E-state index in [2.05, 4.69) is 4.90 Å². The van der Waals surface area contributed by atoms with Crippen molar-refractivity contribution < 1.29 is 9.13 Å². The fraction of sp³-hybridized carbons (Fsp3) is 0.625. The Morgan fingerprint density at radius 2 is 2.05 bits per heavy atom. The standard InChI is InChI=1S/C16H25FN2OS/c17-15-4-1-2-5-16(15)21-13-11-19-9-6-14(7-10-19)20-12-3-8-18/h1-2,4-5,14H,3,6-13,18H2. The quantitative estimate of drug-likeness (QED) is 0.592. The first-order valence-electron chi connectivity index (χ1n) is 7.71. The maximum Gasteiger partial charge on any atom is 0.136 e. The lowest BCUT2D eigenvalue weighted by Gasteiger charge is -2.31. The number of rotatable bonds is 8. The molecule has 0 radical (unpaired) electrons. The number of nitrogens with two attached hydrogens (primary N) is 1. The van der Waals surface area contributed by atoms with E-state index in [0.29, 0.717) is 12.6 Å². The molecular formula is C16H25FN2OS. The largest absolute Gasteiger partial charge is 0.378 e. The van der Waals surface area contributed by atoms with Gasteiger partial charge in [-0.2, -0.15) is 0 Å². The van der Waals surface area contributed by atoms with Gasteiger partial charge in [-0.25, -0.2) is 4.39 Å². The Kier molecular flexibility index (Phi) is 7.50. The van der Waals surface area contributed by atoms with E-state index in [-0.39, 0.29) is 5.82 Å². The Labute approximate surface area is 131 Å². The van der Waals surface area contributed by atoms with Crippen LogP contribution in [0.3, 0.4) is 0 Å². The van der Waals surface area contributed by atoms with Crippen molar-refractivity contribution in [2.24, 2.45) is 5.73 Å². The van der Waals surface area contributed by atoms with Crippen molar-refractivity contribution in [2.45, 2.75) is 30.3 Å². The first kappa shape index (κ1) is 16.7.